The molecule has 2 aliphatic heterocycles. The maximum Gasteiger partial charge on any atom is 0.266 e. The van der Waals surface area contributed by atoms with Gasteiger partial charge in [0.1, 0.15) is 0 Å². The van der Waals surface area contributed by atoms with E-state index in [-0.39, 0.29) is 23.6 Å². The lowest BCUT2D eigenvalue weighted by molar-refractivity contribution is 0.0877. The first-order valence-electron chi connectivity index (χ1n) is 32.7. The Balaban J connectivity index is 0.912. The molecule has 6 nitrogen and oxygen atoms in total. The van der Waals surface area contributed by atoms with Crippen molar-refractivity contribution in [3.8, 4) is 20.9 Å². The summed E-state index contributed by atoms with van der Waals surface area (Å²) in [5, 5.41) is 11.1. The van der Waals surface area contributed by atoms with Gasteiger partial charge in [-0.3, -0.25) is 19.2 Å². The average Bonchev–Trinajstić information content (AvgIpc) is 0.782. The van der Waals surface area contributed by atoms with E-state index in [1.807, 2.05) is 12.1 Å². The number of hydrogen-bond donors (Lipinski definition) is 0. The molecule has 8 heteroatoms. The van der Waals surface area contributed by atoms with E-state index in [0.717, 1.165) is 138 Å². The van der Waals surface area contributed by atoms with Crippen LogP contribution in [-0.4, -0.2) is 23.6 Å². The van der Waals surface area contributed by atoms with Crippen LogP contribution in [0.1, 0.15) is 218 Å². The summed E-state index contributed by atoms with van der Waals surface area (Å²) < 4.78 is 0. The SMILES string of the molecule is O=C1c2ccc3c4c(-c5cccs5)cc5c6c(ccc(c7c(-c8cccs8)cc(c2c37)C(=O)N1c1c(CCC2CCCCC2)cccc1CCC1CCCCC1)c64)C(=O)N(c1c(CCC2CCCCC2)cccc1CCC1CCCCC1)C5=O. The molecule has 7 aromatic carbocycles. The molecule has 0 atom stereocenters. The van der Waals surface area contributed by atoms with Crippen molar-refractivity contribution in [2.75, 3.05) is 9.80 Å². The standard InChI is InChI=1S/C76H78N2O4S2/c79-73-57-41-39-55-66-60(64-30-16-44-84-64)46-62-68-58(74(80)78(76(62)82)72-53(37-33-49-21-9-3-10-22-49)27-14-28-54(72)38-34-50-23-11-4-12-24-50)42-40-56(70(66)68)65-59(63-29-15-43-83-63)45-61(67(57)69(55)65)75(81)77(73)71-51(35-31-47-17-5-1-6-18-47)25-13-26-52(71)36-32-48-19-7-2-8-20-48/h13-16,25-30,39-50H,1-12,17-24,31-38H2. The Hall–Kier alpha value is -6.48. The molecular formula is C76H78N2O4S2. The second-order valence-corrected chi connectivity index (χ2v) is 28.3. The fraction of sp³-hybridized carbons (Fsp3) is 0.421. The van der Waals surface area contributed by atoms with Gasteiger partial charge < -0.3 is 0 Å². The number of hydrogen-bond acceptors (Lipinski definition) is 6. The number of fused-ring (bicyclic) bond motifs is 2. The summed E-state index contributed by atoms with van der Waals surface area (Å²) in [6.07, 6.45) is 33.0. The molecule has 0 N–H and O–H groups in total. The van der Waals surface area contributed by atoms with Crippen LogP contribution in [0.5, 0.6) is 0 Å². The van der Waals surface area contributed by atoms with Gasteiger partial charge in [-0.15, -0.1) is 22.7 Å². The van der Waals surface area contributed by atoms with Gasteiger partial charge in [0.25, 0.3) is 23.6 Å². The number of carbonyl (C=O) groups is 4. The van der Waals surface area contributed by atoms with Crippen molar-refractivity contribution in [2.24, 2.45) is 23.7 Å². The van der Waals surface area contributed by atoms with Gasteiger partial charge in [0.05, 0.1) is 11.4 Å². The van der Waals surface area contributed by atoms with Crippen LogP contribution in [0.4, 0.5) is 11.4 Å². The molecule has 0 spiro atoms. The van der Waals surface area contributed by atoms with Gasteiger partial charge in [0, 0.05) is 53.9 Å². The van der Waals surface area contributed by atoms with Crippen LogP contribution in [0.3, 0.4) is 0 Å². The number of benzene rings is 7. The summed E-state index contributed by atoms with van der Waals surface area (Å²) in [4.78, 5) is 69.4. The molecular weight excluding hydrogens is 1070 g/mol. The Bertz CT molecular complexity index is 3660. The molecule has 15 rings (SSSR count). The van der Waals surface area contributed by atoms with Gasteiger partial charge in [-0.25, -0.2) is 9.80 Å². The largest absolute Gasteiger partial charge is 0.268 e. The molecule has 0 saturated heterocycles. The third-order valence-electron chi connectivity index (χ3n) is 21.5. The van der Waals surface area contributed by atoms with Crippen LogP contribution < -0.4 is 9.80 Å². The molecule has 0 bridgehead atoms. The van der Waals surface area contributed by atoms with Crippen molar-refractivity contribution < 1.29 is 19.2 Å². The Morgan fingerprint density at radius 3 is 0.952 bits per heavy atom. The molecule has 0 radical (unpaired) electrons. The smallest absolute Gasteiger partial charge is 0.266 e. The molecule has 4 fully saturated rings. The third kappa shape index (κ3) is 9.55. The van der Waals surface area contributed by atoms with Crippen LogP contribution in [-0.2, 0) is 25.7 Å². The lowest BCUT2D eigenvalue weighted by Gasteiger charge is -2.34. The predicted molar refractivity (Wildman–Crippen MR) is 349 cm³/mol. The Morgan fingerprint density at radius 1 is 0.321 bits per heavy atom. The second-order valence-electron chi connectivity index (χ2n) is 26.4. The molecule has 4 saturated carbocycles. The normalized spacial score (nSPS) is 18.7. The highest BCUT2D eigenvalue weighted by Gasteiger charge is 2.42. The maximum atomic E-state index is 16.1. The minimum Gasteiger partial charge on any atom is -0.268 e. The van der Waals surface area contributed by atoms with Gasteiger partial charge >= 0.3 is 0 Å². The van der Waals surface area contributed by atoms with Crippen LogP contribution in [0.25, 0.3) is 64.0 Å². The van der Waals surface area contributed by atoms with Crippen LogP contribution in [0.2, 0.25) is 0 Å². The minimum absolute atomic E-state index is 0.263. The van der Waals surface area contributed by atoms with E-state index in [0.29, 0.717) is 56.7 Å². The zero-order valence-electron chi connectivity index (χ0n) is 48.8. The lowest BCUT2D eigenvalue weighted by atomic mass is 9.78. The van der Waals surface area contributed by atoms with E-state index in [2.05, 4.69) is 95.7 Å². The van der Waals surface area contributed by atoms with E-state index in [9.17, 15) is 0 Å². The van der Waals surface area contributed by atoms with Gasteiger partial charge in [-0.1, -0.05) is 189 Å². The first kappa shape index (κ1) is 54.2. The molecule has 6 aliphatic rings. The van der Waals surface area contributed by atoms with E-state index < -0.39 is 0 Å². The Morgan fingerprint density at radius 2 is 0.643 bits per heavy atom. The minimum atomic E-state index is -0.263. The third-order valence-corrected chi connectivity index (χ3v) is 23.3. The molecule has 4 aliphatic carbocycles. The summed E-state index contributed by atoms with van der Waals surface area (Å²) in [6.45, 7) is 0. The van der Waals surface area contributed by atoms with Crippen molar-refractivity contribution in [2.45, 2.75) is 180 Å². The monoisotopic (exact) mass is 1150 g/mol. The van der Waals surface area contributed by atoms with Gasteiger partial charge in [0.15, 0.2) is 0 Å². The second kappa shape index (κ2) is 23.1. The summed E-state index contributed by atoms with van der Waals surface area (Å²) in [7, 11) is 0. The zero-order chi connectivity index (χ0) is 56.4. The van der Waals surface area contributed by atoms with E-state index in [1.54, 1.807) is 32.5 Å². The number of para-hydroxylation sites is 2. The fourth-order valence-electron chi connectivity index (χ4n) is 17.1. The van der Waals surface area contributed by atoms with Crippen molar-refractivity contribution in [1.29, 1.82) is 0 Å². The number of thiophene rings is 2. The van der Waals surface area contributed by atoms with Crippen LogP contribution >= 0.6 is 22.7 Å². The van der Waals surface area contributed by atoms with E-state index in [1.165, 1.54) is 128 Å². The van der Waals surface area contributed by atoms with Crippen molar-refractivity contribution in [3.63, 3.8) is 0 Å². The molecule has 84 heavy (non-hydrogen) atoms. The molecule has 4 heterocycles. The highest BCUT2D eigenvalue weighted by Crippen LogP contribution is 2.54. The van der Waals surface area contributed by atoms with Crippen molar-refractivity contribution in [1.82, 2.24) is 0 Å². The molecule has 4 amide bonds. The number of aryl methyl sites for hydroxylation is 4. The topological polar surface area (TPSA) is 74.8 Å². The fourth-order valence-corrected chi connectivity index (χ4v) is 18.6. The first-order valence-corrected chi connectivity index (χ1v) is 34.5. The molecule has 0 unspecified atom stereocenters. The molecule has 9 aromatic rings. The number of imide groups is 2. The quantitative estimate of drug-likeness (QED) is 0.0549. The van der Waals surface area contributed by atoms with Gasteiger partial charge in [0.2, 0.25) is 0 Å². The Kier molecular flexibility index (Phi) is 14.9. The van der Waals surface area contributed by atoms with Crippen LogP contribution in [0.15, 0.2) is 108 Å². The maximum absolute atomic E-state index is 16.1. The number of nitrogens with zero attached hydrogens (tertiary/aromatic N) is 2. The van der Waals surface area contributed by atoms with Gasteiger partial charge in [-0.05, 0) is 177 Å². The lowest BCUT2D eigenvalue weighted by Crippen LogP contribution is -2.42. The number of carbonyl (C=O) groups excluding carboxylic acids is 4. The van der Waals surface area contributed by atoms with E-state index >= 15 is 19.2 Å². The summed E-state index contributed by atoms with van der Waals surface area (Å²) in [5.41, 5.74) is 10.0. The highest BCUT2D eigenvalue weighted by molar-refractivity contribution is 7.14. The Labute approximate surface area is 503 Å². The number of rotatable bonds is 16. The first-order chi connectivity index (χ1) is 41.4. The summed E-state index contributed by atoms with van der Waals surface area (Å²) in [6, 6.07) is 33.9. The zero-order valence-corrected chi connectivity index (χ0v) is 50.5. The van der Waals surface area contributed by atoms with Crippen molar-refractivity contribution in [3.05, 3.63) is 152 Å². The molecule has 2 aromatic heterocycles. The van der Waals surface area contributed by atoms with Crippen LogP contribution in [0, 0.1) is 23.7 Å². The van der Waals surface area contributed by atoms with E-state index in [4.69, 9.17) is 0 Å². The molecule has 428 valence electrons. The highest BCUT2D eigenvalue weighted by atomic mass is 32.1. The van der Waals surface area contributed by atoms with Crippen molar-refractivity contribution >= 4 is 101 Å². The average molecular weight is 1150 g/mol. The van der Waals surface area contributed by atoms with Gasteiger partial charge in [-0.2, -0.15) is 0 Å². The predicted octanol–water partition coefficient (Wildman–Crippen LogP) is 20.8. The summed E-state index contributed by atoms with van der Waals surface area (Å²) in [5.74, 6) is 1.57. The number of amides is 4. The number of anilines is 2. The summed E-state index contributed by atoms with van der Waals surface area (Å²) >= 11 is 3.29.